The second kappa shape index (κ2) is 10.3. The highest BCUT2D eigenvalue weighted by molar-refractivity contribution is 6.14. The summed E-state index contributed by atoms with van der Waals surface area (Å²) >= 11 is 0. The molecule has 0 aliphatic carbocycles. The molecule has 0 fully saturated rings. The summed E-state index contributed by atoms with van der Waals surface area (Å²) in [6, 6.07) is 50.4. The zero-order chi connectivity index (χ0) is 29.7. The summed E-state index contributed by atoms with van der Waals surface area (Å²) in [5.41, 5.74) is 9.77. The van der Waals surface area contributed by atoms with Crippen molar-refractivity contribution in [3.05, 3.63) is 157 Å². The van der Waals surface area contributed by atoms with Gasteiger partial charge in [-0.25, -0.2) is 9.97 Å². The molecule has 0 atom stereocenters. The molecule has 44 heavy (non-hydrogen) atoms. The van der Waals surface area contributed by atoms with Crippen LogP contribution in [-0.2, 0) is 5.41 Å². The van der Waals surface area contributed by atoms with Crippen LogP contribution in [0.2, 0.25) is 0 Å². The van der Waals surface area contributed by atoms with Crippen molar-refractivity contribution in [1.29, 1.82) is 0 Å². The number of hydrogen-bond acceptors (Lipinski definition) is 3. The van der Waals surface area contributed by atoms with E-state index in [-0.39, 0.29) is 0 Å². The Morgan fingerprint density at radius 1 is 0.477 bits per heavy atom. The molecule has 4 heteroatoms. The molecular weight excluding hydrogens is 536 g/mol. The highest BCUT2D eigenvalue weighted by Gasteiger charge is 2.28. The molecule has 8 rings (SSSR count). The maximum absolute atomic E-state index is 5.43. The van der Waals surface area contributed by atoms with Crippen LogP contribution in [0.5, 0.6) is 0 Å². The number of rotatable bonds is 5. The lowest BCUT2D eigenvalue weighted by atomic mass is 9.84. The first-order chi connectivity index (χ1) is 21.6. The summed E-state index contributed by atoms with van der Waals surface area (Å²) in [4.78, 5) is 15.9. The Morgan fingerprint density at radius 3 is 1.77 bits per heavy atom. The molecule has 0 aliphatic heterocycles. The smallest absolute Gasteiger partial charge is 0.145 e. The zero-order valence-corrected chi connectivity index (χ0v) is 24.6. The number of pyridine rings is 3. The number of nitrogens with zero attached hydrogens (tertiary/aromatic N) is 4. The summed E-state index contributed by atoms with van der Waals surface area (Å²) < 4.78 is 2.30. The molecular formula is C40H30N4. The summed E-state index contributed by atoms with van der Waals surface area (Å²) in [5.74, 6) is 0.904. The van der Waals surface area contributed by atoms with Crippen LogP contribution < -0.4 is 0 Å². The third kappa shape index (κ3) is 4.18. The van der Waals surface area contributed by atoms with E-state index in [1.54, 1.807) is 0 Å². The Balaban J connectivity index is 1.40. The van der Waals surface area contributed by atoms with Crippen LogP contribution in [0.1, 0.15) is 25.2 Å². The minimum Gasteiger partial charge on any atom is -0.289 e. The molecule has 0 unspecified atom stereocenters. The van der Waals surface area contributed by atoms with Gasteiger partial charge < -0.3 is 0 Å². The van der Waals surface area contributed by atoms with Crippen LogP contribution in [-0.4, -0.2) is 19.4 Å². The van der Waals surface area contributed by atoms with E-state index in [9.17, 15) is 0 Å². The van der Waals surface area contributed by atoms with Gasteiger partial charge in [0.1, 0.15) is 5.82 Å². The van der Waals surface area contributed by atoms with Crippen molar-refractivity contribution >= 4 is 27.3 Å². The fourth-order valence-electron chi connectivity index (χ4n) is 6.24. The molecule has 0 bridgehead atoms. The molecule has 0 aliphatic rings. The Hall–Kier alpha value is -5.61. The highest BCUT2D eigenvalue weighted by atomic mass is 15.0. The number of imidazole rings is 1. The minimum atomic E-state index is -0.429. The molecule has 8 aromatic rings. The highest BCUT2D eigenvalue weighted by Crippen LogP contribution is 2.39. The predicted molar refractivity (Wildman–Crippen MR) is 181 cm³/mol. The molecule has 4 aromatic carbocycles. The van der Waals surface area contributed by atoms with Gasteiger partial charge in [0.25, 0.3) is 0 Å². The Bertz CT molecular complexity index is 2290. The van der Waals surface area contributed by atoms with E-state index in [0.717, 1.165) is 72.6 Å². The van der Waals surface area contributed by atoms with E-state index in [1.807, 2.05) is 18.2 Å². The van der Waals surface area contributed by atoms with E-state index >= 15 is 0 Å². The summed E-state index contributed by atoms with van der Waals surface area (Å²) in [6.07, 6.45) is 0. The molecule has 4 aromatic heterocycles. The fraction of sp³-hybridized carbons (Fsp3) is 0.0750. The largest absolute Gasteiger partial charge is 0.289 e. The van der Waals surface area contributed by atoms with Crippen molar-refractivity contribution in [2.24, 2.45) is 0 Å². The van der Waals surface area contributed by atoms with E-state index < -0.39 is 5.41 Å². The summed E-state index contributed by atoms with van der Waals surface area (Å²) in [7, 11) is 0. The second-order valence-corrected chi connectivity index (χ2v) is 11.7. The van der Waals surface area contributed by atoms with Crippen molar-refractivity contribution < 1.29 is 0 Å². The molecule has 0 amide bonds. The van der Waals surface area contributed by atoms with E-state index in [0.29, 0.717) is 0 Å². The monoisotopic (exact) mass is 566 g/mol. The zero-order valence-electron chi connectivity index (χ0n) is 24.6. The van der Waals surface area contributed by atoms with Crippen LogP contribution in [0.25, 0.3) is 61.2 Å². The lowest BCUT2D eigenvalue weighted by molar-refractivity contribution is 0.599. The lowest BCUT2D eigenvalue weighted by Crippen LogP contribution is -2.22. The van der Waals surface area contributed by atoms with Gasteiger partial charge in [-0.05, 0) is 38.1 Å². The fourth-order valence-corrected chi connectivity index (χ4v) is 6.24. The van der Waals surface area contributed by atoms with Crippen LogP contribution in [0.3, 0.4) is 0 Å². The maximum Gasteiger partial charge on any atom is 0.145 e. The third-order valence-corrected chi connectivity index (χ3v) is 8.61. The molecule has 0 saturated carbocycles. The Labute approximate surface area is 256 Å². The van der Waals surface area contributed by atoms with Gasteiger partial charge in [0.05, 0.1) is 39.3 Å². The number of fused-ring (bicyclic) bond motifs is 6. The third-order valence-electron chi connectivity index (χ3n) is 8.61. The maximum atomic E-state index is 5.43. The first kappa shape index (κ1) is 26.1. The van der Waals surface area contributed by atoms with Gasteiger partial charge in [-0.1, -0.05) is 121 Å². The number of benzene rings is 4. The van der Waals surface area contributed by atoms with E-state index in [1.165, 1.54) is 0 Å². The standard InChI is InChI=1S/C40H30N4/c1-40(2,34-24-14-23-32(41-34)27-15-6-3-7-16-27)35-26-25-33-37(42-35)30-21-12-13-22-31(30)38-36(28-17-8-4-9-18-28)43-39(44(33)38)29-19-10-5-11-20-29/h3-26H,1-2H3. The lowest BCUT2D eigenvalue weighted by Gasteiger charge is -2.25. The number of hydrogen-bond donors (Lipinski definition) is 0. The molecule has 0 spiro atoms. The van der Waals surface area contributed by atoms with Crippen LogP contribution in [0.4, 0.5) is 0 Å². The average molecular weight is 567 g/mol. The van der Waals surface area contributed by atoms with Crippen molar-refractivity contribution in [2.75, 3.05) is 0 Å². The molecule has 0 N–H and O–H groups in total. The van der Waals surface area contributed by atoms with Gasteiger partial charge in [-0.2, -0.15) is 0 Å². The quantitative estimate of drug-likeness (QED) is 0.195. The molecule has 0 radical (unpaired) electrons. The van der Waals surface area contributed by atoms with Gasteiger partial charge in [0.15, 0.2) is 0 Å². The Kier molecular flexibility index (Phi) is 6.09. The first-order valence-electron chi connectivity index (χ1n) is 15.0. The first-order valence-corrected chi connectivity index (χ1v) is 15.0. The molecule has 4 nitrogen and oxygen atoms in total. The van der Waals surface area contributed by atoms with E-state index in [4.69, 9.17) is 15.0 Å². The molecule has 210 valence electrons. The van der Waals surface area contributed by atoms with Gasteiger partial charge in [0.2, 0.25) is 0 Å². The Morgan fingerprint density at radius 2 is 1.07 bits per heavy atom. The van der Waals surface area contributed by atoms with Gasteiger partial charge in [0, 0.05) is 32.9 Å². The normalized spacial score (nSPS) is 11.9. The average Bonchev–Trinajstić information content (AvgIpc) is 3.51. The SMILES string of the molecule is CC(C)(c1cccc(-c2ccccc2)n1)c1ccc2c(n1)c1ccccc1c1c(-c3ccccc3)nc(-c3ccccc3)n21. The summed E-state index contributed by atoms with van der Waals surface area (Å²) in [5, 5.41) is 2.23. The van der Waals surface area contributed by atoms with Crippen LogP contribution in [0.15, 0.2) is 146 Å². The number of aromatic nitrogens is 4. The molecule has 0 saturated heterocycles. The van der Waals surface area contributed by atoms with Crippen LogP contribution >= 0.6 is 0 Å². The topological polar surface area (TPSA) is 43.1 Å². The van der Waals surface area contributed by atoms with E-state index in [2.05, 4.69) is 146 Å². The molecule has 4 heterocycles. The summed E-state index contributed by atoms with van der Waals surface area (Å²) in [6.45, 7) is 4.41. The minimum absolute atomic E-state index is 0.429. The van der Waals surface area contributed by atoms with Gasteiger partial charge >= 0.3 is 0 Å². The second-order valence-electron chi connectivity index (χ2n) is 11.7. The van der Waals surface area contributed by atoms with Gasteiger partial charge in [-0.3, -0.25) is 9.38 Å². The van der Waals surface area contributed by atoms with Crippen LogP contribution in [0, 0.1) is 0 Å². The van der Waals surface area contributed by atoms with Crippen molar-refractivity contribution in [1.82, 2.24) is 19.4 Å². The van der Waals surface area contributed by atoms with Crippen molar-refractivity contribution in [3.8, 4) is 33.9 Å². The predicted octanol–water partition coefficient (Wildman–Crippen LogP) is 9.76. The van der Waals surface area contributed by atoms with Gasteiger partial charge in [-0.15, -0.1) is 0 Å². The van der Waals surface area contributed by atoms with Crippen molar-refractivity contribution in [3.63, 3.8) is 0 Å². The van der Waals surface area contributed by atoms with Crippen molar-refractivity contribution in [2.45, 2.75) is 19.3 Å².